The van der Waals surface area contributed by atoms with Crippen LogP contribution < -0.4 is 4.74 Å². The number of halogens is 4. The third-order valence-corrected chi connectivity index (χ3v) is 5.85. The van der Waals surface area contributed by atoms with Crippen LogP contribution in [-0.2, 0) is 0 Å². The molecule has 27 heavy (non-hydrogen) atoms. The van der Waals surface area contributed by atoms with Crippen molar-refractivity contribution in [3.63, 3.8) is 0 Å². The second-order valence-corrected chi connectivity index (χ2v) is 7.76. The zero-order chi connectivity index (χ0) is 19.4. The number of ether oxygens (including phenoxy) is 1. The van der Waals surface area contributed by atoms with Crippen molar-refractivity contribution in [2.45, 2.75) is 18.0 Å². The van der Waals surface area contributed by atoms with Gasteiger partial charge in [0.2, 0.25) is 0 Å². The van der Waals surface area contributed by atoms with Crippen molar-refractivity contribution >= 4 is 29.3 Å². The molecule has 1 aliphatic heterocycles. The van der Waals surface area contributed by atoms with E-state index in [0.29, 0.717) is 18.1 Å². The average molecular weight is 416 g/mol. The van der Waals surface area contributed by atoms with Gasteiger partial charge in [-0.05, 0) is 36.2 Å². The lowest BCUT2D eigenvalue weighted by Gasteiger charge is -2.21. The Hall–Kier alpha value is -1.86. The highest BCUT2D eigenvalue weighted by Gasteiger charge is 2.31. The van der Waals surface area contributed by atoms with Crippen LogP contribution in [0.5, 0.6) is 5.75 Å². The third kappa shape index (κ3) is 5.32. The fourth-order valence-electron chi connectivity index (χ4n) is 2.97. The normalized spacial score (nSPS) is 18.1. The number of nitrogens with zero attached hydrogens (tertiary/aromatic N) is 1. The number of carbonyl (C=O) groups excluding carboxylic acids is 1. The molecule has 3 nitrogen and oxygen atoms in total. The van der Waals surface area contributed by atoms with Gasteiger partial charge < -0.3 is 9.64 Å². The number of hydrogen-bond acceptors (Lipinski definition) is 3. The first kappa shape index (κ1) is 19.9. The molecule has 0 spiro atoms. The summed E-state index contributed by atoms with van der Waals surface area (Å²) in [5, 5.41) is 0.878. The number of thioether (sulfide) groups is 1. The Morgan fingerprint density at radius 2 is 1.93 bits per heavy atom. The van der Waals surface area contributed by atoms with Gasteiger partial charge in [-0.3, -0.25) is 4.79 Å². The minimum Gasteiger partial charge on any atom is -0.406 e. The van der Waals surface area contributed by atoms with Crippen molar-refractivity contribution < 1.29 is 22.7 Å². The Labute approximate surface area is 164 Å². The van der Waals surface area contributed by atoms with Gasteiger partial charge in [0.15, 0.2) is 0 Å². The fourth-order valence-corrected chi connectivity index (χ4v) is 4.57. The summed E-state index contributed by atoms with van der Waals surface area (Å²) in [4.78, 5) is 14.4. The molecule has 3 rings (SSSR count). The molecule has 8 heteroatoms. The van der Waals surface area contributed by atoms with Crippen molar-refractivity contribution in [2.24, 2.45) is 0 Å². The van der Waals surface area contributed by atoms with Gasteiger partial charge in [-0.25, -0.2) is 0 Å². The molecule has 0 bridgehead atoms. The molecule has 0 saturated carbocycles. The molecule has 2 aromatic carbocycles. The van der Waals surface area contributed by atoms with Crippen LogP contribution in [0, 0.1) is 0 Å². The molecule has 0 N–H and O–H groups in total. The summed E-state index contributed by atoms with van der Waals surface area (Å²) in [5.74, 6) is 0.0231. The standard InChI is InChI=1S/C19H17ClF3NO2S/c20-16-7-2-1-6-15(16)17-8-9-24(10-11-27-17)18(25)13-4-3-5-14(12-13)26-19(21,22)23/h1-7,12,17H,8-11H2. The van der Waals surface area contributed by atoms with Crippen molar-refractivity contribution in [2.75, 3.05) is 18.8 Å². The zero-order valence-electron chi connectivity index (χ0n) is 14.2. The van der Waals surface area contributed by atoms with Crippen LogP contribution in [-0.4, -0.2) is 36.0 Å². The molecule has 0 radical (unpaired) electrons. The van der Waals surface area contributed by atoms with Gasteiger partial charge in [0.1, 0.15) is 5.75 Å². The van der Waals surface area contributed by atoms with Gasteiger partial charge in [-0.1, -0.05) is 35.9 Å². The smallest absolute Gasteiger partial charge is 0.406 e. The molecular formula is C19H17ClF3NO2S. The molecule has 1 fully saturated rings. The molecule has 144 valence electrons. The topological polar surface area (TPSA) is 29.5 Å². The Bertz CT molecular complexity index is 816. The van der Waals surface area contributed by atoms with Crippen LogP contribution in [0.15, 0.2) is 48.5 Å². The summed E-state index contributed by atoms with van der Waals surface area (Å²) in [6.45, 7) is 1.03. The van der Waals surface area contributed by atoms with Crippen LogP contribution in [0.3, 0.4) is 0 Å². The Balaban J connectivity index is 1.70. The largest absolute Gasteiger partial charge is 0.573 e. The lowest BCUT2D eigenvalue weighted by molar-refractivity contribution is -0.274. The van der Waals surface area contributed by atoms with E-state index in [1.165, 1.54) is 18.2 Å². The molecule has 1 saturated heterocycles. The summed E-state index contributed by atoms with van der Waals surface area (Å²) in [6, 6.07) is 12.8. The molecule has 1 unspecified atom stereocenters. The highest BCUT2D eigenvalue weighted by atomic mass is 35.5. The van der Waals surface area contributed by atoms with Crippen LogP contribution in [0.25, 0.3) is 0 Å². The van der Waals surface area contributed by atoms with Crippen molar-refractivity contribution in [1.82, 2.24) is 4.90 Å². The first-order valence-electron chi connectivity index (χ1n) is 8.34. The minimum atomic E-state index is -4.79. The first-order valence-corrected chi connectivity index (χ1v) is 9.77. The number of carbonyl (C=O) groups is 1. The number of hydrogen-bond donors (Lipinski definition) is 0. The van der Waals surface area contributed by atoms with Gasteiger partial charge in [-0.2, -0.15) is 11.8 Å². The number of rotatable bonds is 3. The quantitative estimate of drug-likeness (QED) is 0.657. The second kappa shape index (κ2) is 8.44. The summed E-state index contributed by atoms with van der Waals surface area (Å²) in [5.41, 5.74) is 1.22. The maximum atomic E-state index is 12.7. The van der Waals surface area contributed by atoms with Gasteiger partial charge in [0.05, 0.1) is 0 Å². The molecule has 0 aromatic heterocycles. The zero-order valence-corrected chi connectivity index (χ0v) is 15.8. The van der Waals surface area contributed by atoms with E-state index < -0.39 is 12.1 Å². The maximum Gasteiger partial charge on any atom is 0.573 e. The van der Waals surface area contributed by atoms with E-state index in [0.717, 1.165) is 23.8 Å². The number of alkyl halides is 3. The van der Waals surface area contributed by atoms with Crippen molar-refractivity contribution in [3.8, 4) is 5.75 Å². The fraction of sp³-hybridized carbons (Fsp3) is 0.316. The summed E-state index contributed by atoms with van der Waals surface area (Å²) >= 11 is 8.00. The Kier molecular flexibility index (Phi) is 6.22. The lowest BCUT2D eigenvalue weighted by atomic mass is 10.1. The van der Waals surface area contributed by atoms with Crippen LogP contribution >= 0.6 is 23.4 Å². The lowest BCUT2D eigenvalue weighted by Crippen LogP contribution is -2.33. The SMILES string of the molecule is O=C(c1cccc(OC(F)(F)F)c1)N1CCSC(c2ccccc2Cl)CC1. The predicted molar refractivity (Wildman–Crippen MR) is 100 cm³/mol. The molecule has 1 amide bonds. The van der Waals surface area contributed by atoms with Crippen LogP contribution in [0.4, 0.5) is 13.2 Å². The Morgan fingerprint density at radius 1 is 1.15 bits per heavy atom. The second-order valence-electron chi connectivity index (χ2n) is 6.04. The summed E-state index contributed by atoms with van der Waals surface area (Å²) < 4.78 is 41.1. The van der Waals surface area contributed by atoms with Crippen LogP contribution in [0.2, 0.25) is 5.02 Å². The van der Waals surface area contributed by atoms with E-state index in [4.69, 9.17) is 11.6 Å². The maximum absolute atomic E-state index is 12.7. The molecular weight excluding hydrogens is 399 g/mol. The highest BCUT2D eigenvalue weighted by molar-refractivity contribution is 7.99. The molecule has 0 aliphatic carbocycles. The van der Waals surface area contributed by atoms with Gasteiger partial charge >= 0.3 is 6.36 Å². The van der Waals surface area contributed by atoms with Gasteiger partial charge in [-0.15, -0.1) is 13.2 Å². The van der Waals surface area contributed by atoms with E-state index in [2.05, 4.69) is 4.74 Å². The number of benzene rings is 2. The molecule has 1 heterocycles. The minimum absolute atomic E-state index is 0.177. The van der Waals surface area contributed by atoms with E-state index in [-0.39, 0.29) is 16.7 Å². The van der Waals surface area contributed by atoms with E-state index >= 15 is 0 Å². The Morgan fingerprint density at radius 3 is 2.67 bits per heavy atom. The van der Waals surface area contributed by atoms with Crippen molar-refractivity contribution in [3.05, 3.63) is 64.7 Å². The molecule has 1 aliphatic rings. The third-order valence-electron chi connectivity index (χ3n) is 4.20. The van der Waals surface area contributed by atoms with Gasteiger partial charge in [0, 0.05) is 34.7 Å². The molecule has 1 atom stereocenters. The first-order chi connectivity index (χ1) is 12.8. The monoisotopic (exact) mass is 415 g/mol. The average Bonchev–Trinajstić information content (AvgIpc) is 2.86. The predicted octanol–water partition coefficient (Wildman–Crippen LogP) is 5.56. The van der Waals surface area contributed by atoms with E-state index in [1.54, 1.807) is 16.7 Å². The summed E-state index contributed by atoms with van der Waals surface area (Å²) in [7, 11) is 0. The molecule has 2 aromatic rings. The highest BCUT2D eigenvalue weighted by Crippen LogP contribution is 2.38. The van der Waals surface area contributed by atoms with Crippen LogP contribution in [0.1, 0.15) is 27.6 Å². The summed E-state index contributed by atoms with van der Waals surface area (Å²) in [6.07, 6.45) is -4.07. The van der Waals surface area contributed by atoms with E-state index in [1.807, 2.05) is 24.3 Å². The van der Waals surface area contributed by atoms with E-state index in [9.17, 15) is 18.0 Å². The number of amides is 1. The van der Waals surface area contributed by atoms with Crippen molar-refractivity contribution in [1.29, 1.82) is 0 Å². The van der Waals surface area contributed by atoms with Gasteiger partial charge in [0.25, 0.3) is 5.91 Å².